The first-order valence-electron chi connectivity index (χ1n) is 17.3. The molecule has 6 rings (SSSR count). The molecule has 3 aromatic carbocycles. The predicted molar refractivity (Wildman–Crippen MR) is 196 cm³/mol. The maximum absolute atomic E-state index is 9.43. The first kappa shape index (κ1) is 33.3. The Labute approximate surface area is 288 Å². The Bertz CT molecular complexity index is 1790. The molecule has 5 aromatic rings. The van der Waals surface area contributed by atoms with Gasteiger partial charge in [-0.25, -0.2) is 4.98 Å². The van der Waals surface area contributed by atoms with Crippen LogP contribution < -0.4 is 4.74 Å². The molecule has 47 heavy (non-hydrogen) atoms. The summed E-state index contributed by atoms with van der Waals surface area (Å²) in [5.74, 6) is 2.13. The van der Waals surface area contributed by atoms with Crippen LogP contribution in [0.2, 0.25) is 5.02 Å². The van der Waals surface area contributed by atoms with E-state index in [2.05, 4.69) is 59.8 Å². The van der Waals surface area contributed by atoms with Crippen LogP contribution in [-0.4, -0.2) is 34.1 Å². The molecule has 7 heteroatoms. The molecular formula is C40H45ClN4OS. The van der Waals surface area contributed by atoms with Crippen LogP contribution in [0.15, 0.2) is 72.9 Å². The fraction of sp³-hybridized carbons (Fsp3) is 0.400. The molecule has 1 aliphatic rings. The molecule has 0 radical (unpaired) electrons. The minimum atomic E-state index is 0.539. The van der Waals surface area contributed by atoms with Crippen LogP contribution in [0.3, 0.4) is 0 Å². The summed E-state index contributed by atoms with van der Waals surface area (Å²) >= 11 is 7.97. The Balaban J connectivity index is 1.03. The lowest BCUT2D eigenvalue weighted by Gasteiger charge is -2.31. The van der Waals surface area contributed by atoms with Crippen molar-refractivity contribution in [3.05, 3.63) is 99.0 Å². The standard InChI is InChI=1S/C40H45ClN4OS/c1-3-5-9-38-39(30-11-15-34(16-12-30)46-35-17-13-33(41)14-18-35)43-40(47-38)31-20-24-44(25-21-31)23-7-6-8-32-28-45(22-4-2)37-19-10-29(27-42)26-36(32)37/h10-19,26,28,31H,3-9,20-25H2,1-2H3. The molecule has 0 spiro atoms. The van der Waals surface area contributed by atoms with Gasteiger partial charge >= 0.3 is 0 Å². The minimum absolute atomic E-state index is 0.539. The monoisotopic (exact) mass is 664 g/mol. The third kappa shape index (κ3) is 8.27. The van der Waals surface area contributed by atoms with Gasteiger partial charge in [0.15, 0.2) is 0 Å². The number of aryl methyl sites for hydroxylation is 3. The SMILES string of the molecule is CCCCc1sc(C2CCN(CCCCc3cn(CCC)c4ccc(C#N)cc34)CC2)nc1-c1ccc(Oc2ccc(Cl)cc2)cc1. The maximum Gasteiger partial charge on any atom is 0.127 e. The van der Waals surface area contributed by atoms with Crippen molar-refractivity contribution in [3.8, 4) is 28.8 Å². The van der Waals surface area contributed by atoms with E-state index in [1.54, 1.807) is 0 Å². The Morgan fingerprint density at radius 2 is 1.64 bits per heavy atom. The quantitative estimate of drug-likeness (QED) is 0.111. The largest absolute Gasteiger partial charge is 0.457 e. The zero-order valence-corrected chi connectivity index (χ0v) is 29.3. The van der Waals surface area contributed by atoms with Crippen molar-refractivity contribution >= 4 is 33.8 Å². The lowest BCUT2D eigenvalue weighted by Crippen LogP contribution is -2.33. The zero-order chi connectivity index (χ0) is 32.6. The number of likely N-dealkylation sites (tertiary alicyclic amines) is 1. The van der Waals surface area contributed by atoms with Gasteiger partial charge in [0.05, 0.1) is 22.3 Å². The normalized spacial score (nSPS) is 14.1. The molecule has 0 bridgehead atoms. The van der Waals surface area contributed by atoms with Gasteiger partial charge in [0.2, 0.25) is 0 Å². The number of fused-ring (bicyclic) bond motifs is 1. The summed E-state index contributed by atoms with van der Waals surface area (Å²) in [6, 6.07) is 24.3. The van der Waals surface area contributed by atoms with E-state index >= 15 is 0 Å². The molecule has 0 aliphatic carbocycles. The molecule has 1 aliphatic heterocycles. The van der Waals surface area contributed by atoms with Crippen LogP contribution in [0.1, 0.15) is 85.7 Å². The Kier molecular flexibility index (Phi) is 11.3. The maximum atomic E-state index is 9.43. The number of piperidine rings is 1. The van der Waals surface area contributed by atoms with Crippen molar-refractivity contribution < 1.29 is 4.74 Å². The highest BCUT2D eigenvalue weighted by molar-refractivity contribution is 7.12. The van der Waals surface area contributed by atoms with Gasteiger partial charge in [-0.2, -0.15) is 5.26 Å². The number of hydrogen-bond donors (Lipinski definition) is 0. The second kappa shape index (κ2) is 16.0. The van der Waals surface area contributed by atoms with E-state index in [-0.39, 0.29) is 0 Å². The highest BCUT2D eigenvalue weighted by Gasteiger charge is 2.25. The van der Waals surface area contributed by atoms with Crippen molar-refractivity contribution in [2.45, 2.75) is 84.1 Å². The van der Waals surface area contributed by atoms with E-state index in [9.17, 15) is 5.26 Å². The number of halogens is 1. The fourth-order valence-corrected chi connectivity index (χ4v) is 8.14. The molecule has 0 N–H and O–H groups in total. The molecule has 1 saturated heterocycles. The summed E-state index contributed by atoms with van der Waals surface area (Å²) in [6.45, 7) is 8.93. The van der Waals surface area contributed by atoms with Gasteiger partial charge in [0.1, 0.15) is 11.5 Å². The average molecular weight is 665 g/mol. The van der Waals surface area contributed by atoms with Gasteiger partial charge in [-0.05, 0) is 143 Å². The number of hydrogen-bond acceptors (Lipinski definition) is 5. The van der Waals surface area contributed by atoms with Crippen LogP contribution in [0, 0.1) is 11.3 Å². The van der Waals surface area contributed by atoms with Gasteiger partial charge < -0.3 is 14.2 Å². The van der Waals surface area contributed by atoms with E-state index in [0.717, 1.165) is 68.2 Å². The minimum Gasteiger partial charge on any atom is -0.457 e. The van der Waals surface area contributed by atoms with E-state index < -0.39 is 0 Å². The number of nitriles is 1. The number of rotatable bonds is 14. The summed E-state index contributed by atoms with van der Waals surface area (Å²) in [4.78, 5) is 9.35. The first-order chi connectivity index (χ1) is 23.0. The fourth-order valence-electron chi connectivity index (χ4n) is 6.72. The summed E-state index contributed by atoms with van der Waals surface area (Å²) in [7, 11) is 0. The number of benzene rings is 3. The molecule has 0 amide bonds. The lowest BCUT2D eigenvalue weighted by atomic mass is 9.97. The first-order valence-corrected chi connectivity index (χ1v) is 18.5. The van der Waals surface area contributed by atoms with Gasteiger partial charge in [-0.1, -0.05) is 31.9 Å². The van der Waals surface area contributed by atoms with E-state index in [0.29, 0.717) is 10.9 Å². The van der Waals surface area contributed by atoms with Crippen molar-refractivity contribution in [1.82, 2.24) is 14.5 Å². The molecule has 2 aromatic heterocycles. The predicted octanol–water partition coefficient (Wildman–Crippen LogP) is 11.0. The summed E-state index contributed by atoms with van der Waals surface area (Å²) in [6.07, 6.45) is 12.7. The van der Waals surface area contributed by atoms with Crippen LogP contribution in [-0.2, 0) is 19.4 Å². The van der Waals surface area contributed by atoms with Crippen LogP contribution in [0.25, 0.3) is 22.2 Å². The number of unbranched alkanes of at least 4 members (excludes halogenated alkanes) is 2. The summed E-state index contributed by atoms with van der Waals surface area (Å²) in [5.41, 5.74) is 5.71. The van der Waals surface area contributed by atoms with E-state index in [4.69, 9.17) is 21.3 Å². The second-order valence-corrected chi connectivity index (χ2v) is 14.3. The highest BCUT2D eigenvalue weighted by atomic mass is 35.5. The Morgan fingerprint density at radius 1 is 0.894 bits per heavy atom. The summed E-state index contributed by atoms with van der Waals surface area (Å²) < 4.78 is 8.39. The van der Waals surface area contributed by atoms with Gasteiger partial charge in [0.25, 0.3) is 0 Å². The molecule has 3 heterocycles. The molecular weight excluding hydrogens is 620 g/mol. The smallest absolute Gasteiger partial charge is 0.127 e. The van der Waals surface area contributed by atoms with Crippen molar-refractivity contribution in [2.75, 3.05) is 19.6 Å². The van der Waals surface area contributed by atoms with E-state index in [1.807, 2.05) is 53.8 Å². The van der Waals surface area contributed by atoms with Crippen LogP contribution in [0.5, 0.6) is 11.5 Å². The second-order valence-electron chi connectivity index (χ2n) is 12.8. The molecule has 5 nitrogen and oxygen atoms in total. The summed E-state index contributed by atoms with van der Waals surface area (Å²) in [5, 5.41) is 12.7. The zero-order valence-electron chi connectivity index (χ0n) is 27.7. The third-order valence-corrected chi connectivity index (χ3v) is 10.8. The number of thiazole rings is 1. The lowest BCUT2D eigenvalue weighted by molar-refractivity contribution is 0.209. The Hall–Kier alpha value is -3.63. The van der Waals surface area contributed by atoms with Crippen molar-refractivity contribution in [1.29, 1.82) is 5.26 Å². The average Bonchev–Trinajstić information content (AvgIpc) is 3.68. The molecule has 1 fully saturated rings. The van der Waals surface area contributed by atoms with Crippen LogP contribution in [0.4, 0.5) is 0 Å². The van der Waals surface area contributed by atoms with Crippen molar-refractivity contribution in [2.24, 2.45) is 0 Å². The number of aromatic nitrogens is 2. The van der Waals surface area contributed by atoms with E-state index in [1.165, 1.54) is 70.4 Å². The highest BCUT2D eigenvalue weighted by Crippen LogP contribution is 2.38. The Morgan fingerprint density at radius 3 is 2.34 bits per heavy atom. The van der Waals surface area contributed by atoms with Crippen LogP contribution >= 0.6 is 22.9 Å². The third-order valence-electron chi connectivity index (χ3n) is 9.31. The number of ether oxygens (including phenoxy) is 1. The number of nitrogens with zero attached hydrogens (tertiary/aromatic N) is 4. The topological polar surface area (TPSA) is 54.1 Å². The molecule has 0 saturated carbocycles. The van der Waals surface area contributed by atoms with Gasteiger partial charge in [0, 0.05) is 45.0 Å². The molecule has 0 atom stereocenters. The van der Waals surface area contributed by atoms with Crippen molar-refractivity contribution in [3.63, 3.8) is 0 Å². The van der Waals surface area contributed by atoms with Gasteiger partial charge in [-0.15, -0.1) is 11.3 Å². The molecule has 244 valence electrons. The van der Waals surface area contributed by atoms with Gasteiger partial charge in [-0.3, -0.25) is 0 Å². The molecule has 0 unspecified atom stereocenters.